The van der Waals surface area contributed by atoms with Crippen molar-refractivity contribution in [3.05, 3.63) is 50.6 Å². The molecule has 2 amide bonds. The molecule has 0 aromatic carbocycles. The van der Waals surface area contributed by atoms with E-state index in [4.69, 9.17) is 0 Å². The van der Waals surface area contributed by atoms with E-state index in [-0.39, 0.29) is 23.3 Å². The summed E-state index contributed by atoms with van der Waals surface area (Å²) in [6, 6.07) is 7.50. The molecule has 3 aliphatic heterocycles. The van der Waals surface area contributed by atoms with E-state index in [2.05, 4.69) is 10.2 Å². The SMILES string of the molecule is CC(=O)N1CCC(N2C[C@@H]3C[C@H](C2)c2c(NC(=O)c4cccs4)ccc(=O)n2C3)CC1. The molecular formula is C23H28N4O3S. The number of hydrogen-bond donors (Lipinski definition) is 1. The first-order valence-electron chi connectivity index (χ1n) is 11.1. The lowest BCUT2D eigenvalue weighted by Crippen LogP contribution is -2.53. The molecule has 7 nitrogen and oxygen atoms in total. The number of piperidine rings is 2. The molecule has 2 saturated heterocycles. The van der Waals surface area contributed by atoms with Gasteiger partial charge in [0.15, 0.2) is 0 Å². The molecule has 2 fully saturated rings. The zero-order chi connectivity index (χ0) is 21.5. The minimum absolute atomic E-state index is 0.0158. The Morgan fingerprint density at radius 2 is 1.90 bits per heavy atom. The van der Waals surface area contributed by atoms with Crippen LogP contribution in [0.1, 0.15) is 47.5 Å². The van der Waals surface area contributed by atoms with Crippen molar-refractivity contribution in [3.63, 3.8) is 0 Å². The molecule has 0 spiro atoms. The van der Waals surface area contributed by atoms with Gasteiger partial charge < -0.3 is 14.8 Å². The van der Waals surface area contributed by atoms with Crippen molar-refractivity contribution in [2.24, 2.45) is 5.92 Å². The van der Waals surface area contributed by atoms with E-state index in [0.717, 1.165) is 56.8 Å². The van der Waals surface area contributed by atoms with Crippen molar-refractivity contribution in [1.82, 2.24) is 14.4 Å². The number of hydrogen-bond acceptors (Lipinski definition) is 5. The summed E-state index contributed by atoms with van der Waals surface area (Å²) in [5, 5.41) is 4.95. The zero-order valence-electron chi connectivity index (χ0n) is 17.8. The van der Waals surface area contributed by atoms with Crippen LogP contribution in [-0.2, 0) is 11.3 Å². The van der Waals surface area contributed by atoms with Crippen molar-refractivity contribution in [2.45, 2.75) is 44.7 Å². The van der Waals surface area contributed by atoms with Gasteiger partial charge in [0.1, 0.15) is 0 Å². The van der Waals surface area contributed by atoms with Crippen molar-refractivity contribution in [2.75, 3.05) is 31.5 Å². The third kappa shape index (κ3) is 3.94. The first-order valence-corrected chi connectivity index (χ1v) is 12.0. The Morgan fingerprint density at radius 1 is 1.10 bits per heavy atom. The predicted octanol–water partition coefficient (Wildman–Crippen LogP) is 2.59. The summed E-state index contributed by atoms with van der Waals surface area (Å²) in [7, 11) is 0. The molecule has 2 aromatic heterocycles. The van der Waals surface area contributed by atoms with Crippen molar-refractivity contribution < 1.29 is 9.59 Å². The summed E-state index contributed by atoms with van der Waals surface area (Å²) in [6.07, 6.45) is 3.05. The first-order chi connectivity index (χ1) is 15.0. The van der Waals surface area contributed by atoms with Crippen molar-refractivity contribution >= 4 is 28.8 Å². The van der Waals surface area contributed by atoms with Crippen LogP contribution in [0.2, 0.25) is 0 Å². The maximum Gasteiger partial charge on any atom is 0.265 e. The third-order valence-electron chi connectivity index (χ3n) is 7.04. The first kappa shape index (κ1) is 20.5. The van der Waals surface area contributed by atoms with Crippen LogP contribution in [-0.4, -0.2) is 58.4 Å². The lowest BCUT2D eigenvalue weighted by molar-refractivity contribution is -0.130. The second-order valence-corrected chi connectivity index (χ2v) is 9.95. The largest absolute Gasteiger partial charge is 0.343 e. The Hall–Kier alpha value is -2.45. The second kappa shape index (κ2) is 8.24. The molecule has 3 aliphatic rings. The molecule has 2 atom stereocenters. The number of carbonyl (C=O) groups excluding carboxylic acids is 2. The van der Waals surface area contributed by atoms with E-state index >= 15 is 0 Å². The molecule has 1 N–H and O–H groups in total. The van der Waals surface area contributed by atoms with Crippen LogP contribution in [0.4, 0.5) is 5.69 Å². The van der Waals surface area contributed by atoms with E-state index in [1.807, 2.05) is 27.0 Å². The van der Waals surface area contributed by atoms with E-state index in [1.165, 1.54) is 11.3 Å². The number of likely N-dealkylation sites (tertiary alicyclic amines) is 2. The minimum atomic E-state index is -0.122. The monoisotopic (exact) mass is 440 g/mol. The molecule has 0 radical (unpaired) electrons. The Labute approximate surface area is 185 Å². The average molecular weight is 441 g/mol. The number of rotatable bonds is 3. The molecule has 31 heavy (non-hydrogen) atoms. The summed E-state index contributed by atoms with van der Waals surface area (Å²) >= 11 is 1.41. The van der Waals surface area contributed by atoms with Crippen molar-refractivity contribution in [3.8, 4) is 0 Å². The number of amides is 2. The zero-order valence-corrected chi connectivity index (χ0v) is 18.6. The van der Waals surface area contributed by atoms with Gasteiger partial charge in [0.25, 0.3) is 11.5 Å². The van der Waals surface area contributed by atoms with Crippen molar-refractivity contribution in [1.29, 1.82) is 0 Å². The van der Waals surface area contributed by atoms with Gasteiger partial charge in [-0.15, -0.1) is 11.3 Å². The molecule has 2 aromatic rings. The van der Waals surface area contributed by atoms with Gasteiger partial charge in [-0.05, 0) is 42.7 Å². The van der Waals surface area contributed by atoms with Gasteiger partial charge in [-0.25, -0.2) is 0 Å². The summed E-state index contributed by atoms with van der Waals surface area (Å²) in [6.45, 7) is 5.89. The van der Waals surface area contributed by atoms with Crippen LogP contribution >= 0.6 is 11.3 Å². The Balaban J connectivity index is 1.38. The van der Waals surface area contributed by atoms with Crippen LogP contribution < -0.4 is 10.9 Å². The standard InChI is InChI=1S/C23H28N4O3S/c1-15(28)25-8-6-18(7-9-25)26-12-16-11-17(14-26)22-19(4-5-21(29)27(22)13-16)24-23(30)20-3-2-10-31-20/h2-5,10,16-18H,6-9,11-14H2,1H3,(H,24,30)/t16-,17+/m0/s1. The molecule has 2 bridgehead atoms. The summed E-state index contributed by atoms with van der Waals surface area (Å²) < 4.78 is 1.89. The number of aromatic nitrogens is 1. The van der Waals surface area contributed by atoms with Gasteiger partial charge in [-0.1, -0.05) is 6.07 Å². The fourth-order valence-corrected chi connectivity index (χ4v) is 6.21. The number of thiophene rings is 1. The van der Waals surface area contributed by atoms with E-state index in [0.29, 0.717) is 23.4 Å². The number of fused-ring (bicyclic) bond motifs is 4. The fraction of sp³-hybridized carbons (Fsp3) is 0.522. The summed E-state index contributed by atoms with van der Waals surface area (Å²) in [4.78, 5) is 42.2. The predicted molar refractivity (Wildman–Crippen MR) is 121 cm³/mol. The maximum atomic E-state index is 12.7. The quantitative estimate of drug-likeness (QED) is 0.796. The molecule has 0 saturated carbocycles. The fourth-order valence-electron chi connectivity index (χ4n) is 5.59. The van der Waals surface area contributed by atoms with E-state index in [9.17, 15) is 14.4 Å². The minimum Gasteiger partial charge on any atom is -0.343 e. The van der Waals surface area contributed by atoms with Gasteiger partial charge in [-0.3, -0.25) is 19.3 Å². The lowest BCUT2D eigenvalue weighted by Gasteiger charge is -2.47. The molecule has 8 heteroatoms. The Kier molecular flexibility index (Phi) is 5.44. The molecule has 5 heterocycles. The molecule has 0 aliphatic carbocycles. The van der Waals surface area contributed by atoms with Gasteiger partial charge in [0.05, 0.1) is 10.6 Å². The molecular weight excluding hydrogens is 412 g/mol. The van der Waals surface area contributed by atoms with Crippen LogP contribution in [0.5, 0.6) is 0 Å². The molecule has 0 unspecified atom stereocenters. The highest BCUT2D eigenvalue weighted by molar-refractivity contribution is 7.12. The van der Waals surface area contributed by atoms with Gasteiger partial charge in [-0.2, -0.15) is 0 Å². The third-order valence-corrected chi connectivity index (χ3v) is 7.91. The smallest absolute Gasteiger partial charge is 0.265 e. The highest BCUT2D eigenvalue weighted by atomic mass is 32.1. The number of nitrogens with one attached hydrogen (secondary N) is 1. The van der Waals surface area contributed by atoms with Crippen LogP contribution in [0, 0.1) is 5.92 Å². The van der Waals surface area contributed by atoms with Gasteiger partial charge in [0.2, 0.25) is 5.91 Å². The number of anilines is 1. The highest BCUT2D eigenvalue weighted by Crippen LogP contribution is 2.40. The molecule has 5 rings (SSSR count). The van der Waals surface area contributed by atoms with Gasteiger partial charge in [0, 0.05) is 63.4 Å². The Bertz CT molecular complexity index is 1040. The number of carbonyl (C=O) groups is 2. The Morgan fingerprint density at radius 3 is 2.61 bits per heavy atom. The number of nitrogens with zero attached hydrogens (tertiary/aromatic N) is 3. The number of pyridine rings is 1. The summed E-state index contributed by atoms with van der Waals surface area (Å²) in [5.41, 5.74) is 1.75. The molecule has 164 valence electrons. The van der Waals surface area contributed by atoms with Crippen LogP contribution in [0.15, 0.2) is 34.4 Å². The van der Waals surface area contributed by atoms with E-state index < -0.39 is 0 Å². The highest BCUT2D eigenvalue weighted by Gasteiger charge is 2.39. The van der Waals surface area contributed by atoms with Crippen LogP contribution in [0.3, 0.4) is 0 Å². The maximum absolute atomic E-state index is 12.7. The van der Waals surface area contributed by atoms with Crippen LogP contribution in [0.25, 0.3) is 0 Å². The summed E-state index contributed by atoms with van der Waals surface area (Å²) in [5.74, 6) is 0.708. The topological polar surface area (TPSA) is 74.7 Å². The normalized spacial score (nSPS) is 24.0. The lowest BCUT2D eigenvalue weighted by atomic mass is 9.81. The second-order valence-electron chi connectivity index (χ2n) is 9.00. The average Bonchev–Trinajstić information content (AvgIpc) is 3.31. The van der Waals surface area contributed by atoms with E-state index in [1.54, 1.807) is 19.1 Å². The van der Waals surface area contributed by atoms with Gasteiger partial charge >= 0.3 is 0 Å².